The largest absolute Gasteiger partial charge is 0.756 e. The van der Waals surface area contributed by atoms with Crippen molar-refractivity contribution in [2.24, 2.45) is 0 Å². The van der Waals surface area contributed by atoms with Crippen molar-refractivity contribution in [3.05, 3.63) is 0 Å². The van der Waals surface area contributed by atoms with Crippen LogP contribution in [0, 0.1) is 0 Å². The van der Waals surface area contributed by atoms with Crippen LogP contribution in [0.3, 0.4) is 0 Å². The van der Waals surface area contributed by atoms with Gasteiger partial charge in [0, 0.05) is 13.2 Å². The summed E-state index contributed by atoms with van der Waals surface area (Å²) >= 11 is 0. The Morgan fingerprint density at radius 2 is 1.36 bits per heavy atom. The van der Waals surface area contributed by atoms with Crippen molar-refractivity contribution in [2.45, 2.75) is 103 Å². The third kappa shape index (κ3) is 25.0. The number of phosphoric ester groups is 1. The molecular formula is C26H55N2O7P. The van der Waals surface area contributed by atoms with Gasteiger partial charge in [0.2, 0.25) is 0 Å². The van der Waals surface area contributed by atoms with Gasteiger partial charge in [-0.25, -0.2) is 4.79 Å². The Labute approximate surface area is 220 Å². The van der Waals surface area contributed by atoms with Gasteiger partial charge in [0.15, 0.2) is 0 Å². The third-order valence-corrected chi connectivity index (χ3v) is 6.95. The normalized spacial score (nSPS) is 14.4. The molecule has 1 amide bonds. The van der Waals surface area contributed by atoms with Crippen LogP contribution in [0.1, 0.15) is 96.8 Å². The molecule has 216 valence electrons. The first-order chi connectivity index (χ1) is 17.1. The SMILES string of the molecule is CCCCCCCCCCCCCCCCOCC(CNC(=O)OC)OP(=O)([O-])OCC[N+](C)(C)C. The molecule has 0 spiro atoms. The number of hydrogen-bond donors (Lipinski definition) is 1. The fourth-order valence-corrected chi connectivity index (χ4v) is 4.52. The summed E-state index contributed by atoms with van der Waals surface area (Å²) < 4.78 is 33.0. The van der Waals surface area contributed by atoms with Crippen LogP contribution < -0.4 is 10.2 Å². The number of nitrogens with zero attached hydrogens (tertiary/aromatic N) is 1. The Bertz CT molecular complexity index is 573. The van der Waals surface area contributed by atoms with Crippen LogP contribution in [-0.2, 0) is 23.1 Å². The van der Waals surface area contributed by atoms with E-state index in [4.69, 9.17) is 13.8 Å². The van der Waals surface area contributed by atoms with E-state index in [1.165, 1.54) is 84.2 Å². The number of ether oxygens (including phenoxy) is 2. The summed E-state index contributed by atoms with van der Waals surface area (Å²) in [7, 11) is 2.53. The van der Waals surface area contributed by atoms with Gasteiger partial charge >= 0.3 is 6.09 Å². The highest BCUT2D eigenvalue weighted by Crippen LogP contribution is 2.39. The lowest BCUT2D eigenvalue weighted by Crippen LogP contribution is -2.39. The van der Waals surface area contributed by atoms with Crippen LogP contribution in [0.15, 0.2) is 0 Å². The molecule has 0 saturated heterocycles. The Morgan fingerprint density at radius 1 is 0.861 bits per heavy atom. The van der Waals surface area contributed by atoms with E-state index in [0.29, 0.717) is 17.6 Å². The zero-order valence-corrected chi connectivity index (χ0v) is 24.7. The number of alkyl carbamates (subject to hydrolysis) is 1. The summed E-state index contributed by atoms with van der Waals surface area (Å²) in [6, 6.07) is 0. The highest BCUT2D eigenvalue weighted by Gasteiger charge is 2.21. The van der Waals surface area contributed by atoms with Gasteiger partial charge in [-0.05, 0) is 6.42 Å². The Kier molecular flexibility index (Phi) is 21.9. The maximum atomic E-state index is 12.2. The van der Waals surface area contributed by atoms with Crippen molar-refractivity contribution >= 4 is 13.9 Å². The Balaban J connectivity index is 3.95. The average Bonchev–Trinajstić information content (AvgIpc) is 2.80. The van der Waals surface area contributed by atoms with Crippen molar-refractivity contribution in [3.8, 4) is 0 Å². The zero-order chi connectivity index (χ0) is 27.1. The van der Waals surface area contributed by atoms with Gasteiger partial charge in [-0.3, -0.25) is 4.57 Å². The molecule has 9 nitrogen and oxygen atoms in total. The number of carbonyl (C=O) groups excluding carboxylic acids is 1. The van der Waals surface area contributed by atoms with E-state index < -0.39 is 20.0 Å². The van der Waals surface area contributed by atoms with Gasteiger partial charge in [0.25, 0.3) is 7.82 Å². The summed E-state index contributed by atoms with van der Waals surface area (Å²) in [4.78, 5) is 23.6. The summed E-state index contributed by atoms with van der Waals surface area (Å²) in [6.45, 7) is 3.27. The van der Waals surface area contributed by atoms with Gasteiger partial charge in [-0.15, -0.1) is 0 Å². The number of methoxy groups -OCH3 is 1. The second kappa shape index (κ2) is 22.3. The van der Waals surface area contributed by atoms with Gasteiger partial charge in [0.1, 0.15) is 19.3 Å². The molecule has 0 saturated carbocycles. The molecule has 0 fully saturated rings. The minimum absolute atomic E-state index is 0.0152. The highest BCUT2D eigenvalue weighted by atomic mass is 31.2. The topological polar surface area (TPSA) is 106 Å². The lowest BCUT2D eigenvalue weighted by Gasteiger charge is -2.30. The van der Waals surface area contributed by atoms with Gasteiger partial charge in [0.05, 0.1) is 34.9 Å². The number of quaternary nitrogens is 1. The summed E-state index contributed by atoms with van der Waals surface area (Å²) in [5.41, 5.74) is 0. The van der Waals surface area contributed by atoms with Crippen LogP contribution in [-0.4, -0.2) is 77.8 Å². The zero-order valence-electron chi connectivity index (χ0n) is 23.8. The first-order valence-corrected chi connectivity index (χ1v) is 15.4. The minimum Gasteiger partial charge on any atom is -0.756 e. The molecule has 2 unspecified atom stereocenters. The molecule has 0 aliphatic carbocycles. The lowest BCUT2D eigenvalue weighted by atomic mass is 10.0. The van der Waals surface area contributed by atoms with Crippen molar-refractivity contribution in [1.82, 2.24) is 5.32 Å². The van der Waals surface area contributed by atoms with Crippen LogP contribution in [0.5, 0.6) is 0 Å². The number of unbranched alkanes of at least 4 members (excludes halogenated alkanes) is 13. The van der Waals surface area contributed by atoms with E-state index in [-0.39, 0.29) is 19.8 Å². The van der Waals surface area contributed by atoms with Gasteiger partial charge in [-0.2, -0.15) is 0 Å². The number of phosphoric acid groups is 1. The van der Waals surface area contributed by atoms with E-state index >= 15 is 0 Å². The molecule has 0 aromatic rings. The fraction of sp³-hybridized carbons (Fsp3) is 0.962. The van der Waals surface area contributed by atoms with E-state index in [1.807, 2.05) is 21.1 Å². The molecule has 0 aliphatic rings. The smallest absolute Gasteiger partial charge is 0.406 e. The maximum Gasteiger partial charge on any atom is 0.406 e. The van der Waals surface area contributed by atoms with Crippen LogP contribution >= 0.6 is 7.82 Å². The number of likely N-dealkylation sites (N-methyl/N-ethyl adjacent to an activating group) is 1. The standard InChI is InChI=1S/C26H55N2O7P/c1-6-7-8-9-10-11-12-13-14-15-16-17-18-19-21-33-24-25(23-27-26(29)32-5)35-36(30,31)34-22-20-28(2,3)4/h25H,6-24H2,1-5H3,(H-,27,29,30,31). The second-order valence-corrected chi connectivity index (χ2v) is 11.9. The molecule has 36 heavy (non-hydrogen) atoms. The predicted molar refractivity (Wildman–Crippen MR) is 143 cm³/mol. The second-order valence-electron chi connectivity index (χ2n) is 10.6. The molecule has 2 atom stereocenters. The Morgan fingerprint density at radius 3 is 1.83 bits per heavy atom. The van der Waals surface area contributed by atoms with Crippen LogP contribution in [0.2, 0.25) is 0 Å². The summed E-state index contributed by atoms with van der Waals surface area (Å²) in [6.07, 6.45) is 16.4. The van der Waals surface area contributed by atoms with Crippen molar-refractivity contribution in [3.63, 3.8) is 0 Å². The van der Waals surface area contributed by atoms with E-state index in [2.05, 4.69) is 17.0 Å². The highest BCUT2D eigenvalue weighted by molar-refractivity contribution is 7.45. The molecule has 10 heteroatoms. The van der Waals surface area contributed by atoms with E-state index in [9.17, 15) is 14.3 Å². The molecule has 0 bridgehead atoms. The molecule has 0 aromatic heterocycles. The van der Waals surface area contributed by atoms with Gasteiger partial charge in [-0.1, -0.05) is 90.4 Å². The van der Waals surface area contributed by atoms with Crippen molar-refractivity contribution < 1.29 is 37.3 Å². The number of amides is 1. The number of rotatable bonds is 25. The molecule has 0 rings (SSSR count). The molecule has 0 aliphatic heterocycles. The third-order valence-electron chi connectivity index (χ3n) is 5.90. The number of carbonyl (C=O) groups is 1. The Hall–Kier alpha value is -0.700. The first kappa shape index (κ1) is 35.3. The average molecular weight is 539 g/mol. The number of nitrogens with one attached hydrogen (secondary N) is 1. The number of hydrogen-bond acceptors (Lipinski definition) is 7. The fourth-order valence-electron chi connectivity index (χ4n) is 3.65. The monoisotopic (exact) mass is 538 g/mol. The van der Waals surface area contributed by atoms with Crippen molar-refractivity contribution in [2.75, 3.05) is 61.2 Å². The summed E-state index contributed by atoms with van der Waals surface area (Å²) in [5.74, 6) is 0. The van der Waals surface area contributed by atoms with E-state index in [0.717, 1.165) is 12.8 Å². The van der Waals surface area contributed by atoms with Crippen molar-refractivity contribution in [1.29, 1.82) is 0 Å². The first-order valence-electron chi connectivity index (χ1n) is 13.9. The molecular weight excluding hydrogens is 483 g/mol. The quantitative estimate of drug-likeness (QED) is 0.0940. The maximum absolute atomic E-state index is 12.2. The lowest BCUT2D eigenvalue weighted by molar-refractivity contribution is -0.870. The van der Waals surface area contributed by atoms with Gasteiger partial charge < -0.3 is 33.2 Å². The minimum atomic E-state index is -4.53. The molecule has 0 radical (unpaired) electrons. The predicted octanol–water partition coefficient (Wildman–Crippen LogP) is 5.42. The van der Waals surface area contributed by atoms with E-state index in [1.54, 1.807) is 0 Å². The summed E-state index contributed by atoms with van der Waals surface area (Å²) in [5, 5.41) is 2.46. The van der Waals surface area contributed by atoms with Crippen LogP contribution in [0.25, 0.3) is 0 Å². The molecule has 1 N–H and O–H groups in total. The molecule has 0 heterocycles. The molecule has 0 aromatic carbocycles. The van der Waals surface area contributed by atoms with Crippen LogP contribution in [0.4, 0.5) is 4.79 Å².